The van der Waals surface area contributed by atoms with Crippen LogP contribution >= 0.6 is 23.2 Å². The minimum absolute atomic E-state index is 0.115. The Hall–Kier alpha value is -1.58. The Bertz CT molecular complexity index is 608. The molecule has 0 radical (unpaired) electrons. The van der Waals surface area contributed by atoms with Crippen LogP contribution < -0.4 is 5.73 Å². The summed E-state index contributed by atoms with van der Waals surface area (Å²) in [6.07, 6.45) is 0. The quantitative estimate of drug-likeness (QED) is 0.893. The topological polar surface area (TPSA) is 43.1 Å². The molecule has 2 N–H and O–H groups in total. The maximum absolute atomic E-state index is 13.9. The van der Waals surface area contributed by atoms with Crippen molar-refractivity contribution in [2.75, 3.05) is 0 Å². The lowest BCUT2D eigenvalue weighted by atomic mass is 10.0. The van der Waals surface area contributed by atoms with Crippen LogP contribution in [0.3, 0.4) is 0 Å². The Morgan fingerprint density at radius 2 is 1.67 bits per heavy atom. The monoisotopic (exact) mass is 283 g/mol. The number of nitrogens with two attached hydrogens (primary N) is 1. The van der Waals surface area contributed by atoms with Gasteiger partial charge in [0.05, 0.1) is 0 Å². The fourth-order valence-electron chi connectivity index (χ4n) is 1.61. The average molecular weight is 284 g/mol. The summed E-state index contributed by atoms with van der Waals surface area (Å²) < 4.78 is 13.9. The third-order valence-corrected chi connectivity index (χ3v) is 2.86. The van der Waals surface area contributed by atoms with Gasteiger partial charge in [-0.3, -0.25) is 4.79 Å². The summed E-state index contributed by atoms with van der Waals surface area (Å²) in [5, 5.41) is 0.826. The van der Waals surface area contributed by atoms with Crippen LogP contribution in [0.1, 0.15) is 10.4 Å². The van der Waals surface area contributed by atoms with Crippen molar-refractivity contribution in [3.63, 3.8) is 0 Å². The molecule has 0 atom stereocenters. The zero-order valence-corrected chi connectivity index (χ0v) is 10.6. The molecule has 0 aliphatic rings. The lowest BCUT2D eigenvalue weighted by Crippen LogP contribution is -2.11. The molecule has 0 saturated carbocycles. The summed E-state index contributed by atoms with van der Waals surface area (Å²) in [4.78, 5) is 10.9. The second-order valence-corrected chi connectivity index (χ2v) is 4.59. The van der Waals surface area contributed by atoms with Crippen molar-refractivity contribution in [1.29, 1.82) is 0 Å². The van der Waals surface area contributed by atoms with E-state index in [-0.39, 0.29) is 5.56 Å². The molecule has 2 nitrogen and oxygen atoms in total. The Morgan fingerprint density at radius 1 is 1.06 bits per heavy atom. The van der Waals surface area contributed by atoms with Crippen molar-refractivity contribution in [3.8, 4) is 11.1 Å². The van der Waals surface area contributed by atoms with Gasteiger partial charge in [0, 0.05) is 21.2 Å². The summed E-state index contributed by atoms with van der Waals surface area (Å²) >= 11 is 11.7. The first-order valence-electron chi connectivity index (χ1n) is 5.03. The van der Waals surface area contributed by atoms with Crippen molar-refractivity contribution >= 4 is 29.1 Å². The molecule has 0 saturated heterocycles. The first kappa shape index (κ1) is 12.9. The molecule has 0 aliphatic heterocycles. The third-order valence-electron chi connectivity index (χ3n) is 2.43. The number of amides is 1. The van der Waals surface area contributed by atoms with E-state index in [1.165, 1.54) is 12.1 Å². The van der Waals surface area contributed by atoms with Crippen LogP contribution in [0, 0.1) is 5.82 Å². The van der Waals surface area contributed by atoms with E-state index in [0.717, 1.165) is 6.07 Å². The van der Waals surface area contributed by atoms with Crippen molar-refractivity contribution < 1.29 is 9.18 Å². The predicted octanol–water partition coefficient (Wildman–Crippen LogP) is 3.90. The Kier molecular flexibility index (Phi) is 3.55. The number of carbonyl (C=O) groups excluding carboxylic acids is 1. The van der Waals surface area contributed by atoms with Gasteiger partial charge in [-0.15, -0.1) is 0 Å². The molecular formula is C13H8Cl2FNO. The van der Waals surface area contributed by atoms with Crippen LogP contribution in [0.5, 0.6) is 0 Å². The first-order chi connectivity index (χ1) is 8.47. The Morgan fingerprint density at radius 3 is 2.17 bits per heavy atom. The number of rotatable bonds is 2. The minimum Gasteiger partial charge on any atom is -0.366 e. The number of primary amides is 1. The van der Waals surface area contributed by atoms with E-state index in [2.05, 4.69) is 0 Å². The lowest BCUT2D eigenvalue weighted by Gasteiger charge is -2.06. The summed E-state index contributed by atoms with van der Waals surface area (Å²) in [5.41, 5.74) is 6.04. The number of halogens is 3. The zero-order chi connectivity index (χ0) is 13.3. The fraction of sp³-hybridized carbons (Fsp3) is 0. The van der Waals surface area contributed by atoms with E-state index in [9.17, 15) is 9.18 Å². The van der Waals surface area contributed by atoms with E-state index in [1.54, 1.807) is 18.2 Å². The number of hydrogen-bond acceptors (Lipinski definition) is 1. The Labute approximate surface area is 113 Å². The molecule has 0 aliphatic carbocycles. The lowest BCUT2D eigenvalue weighted by molar-refractivity contribution is 0.1000. The molecule has 2 aromatic carbocycles. The standard InChI is InChI=1S/C13H8Cl2FNO/c14-9-3-8(4-10(15)6-9)11-2-1-7(13(17)18)5-12(11)16/h1-6H,(H2,17,18). The number of benzene rings is 2. The summed E-state index contributed by atoms with van der Waals surface area (Å²) in [6.45, 7) is 0. The van der Waals surface area contributed by atoms with Crippen LogP contribution in [0.25, 0.3) is 11.1 Å². The van der Waals surface area contributed by atoms with Crippen LogP contribution in [0.15, 0.2) is 36.4 Å². The van der Waals surface area contributed by atoms with Gasteiger partial charge < -0.3 is 5.73 Å². The molecule has 0 aromatic heterocycles. The highest BCUT2D eigenvalue weighted by Crippen LogP contribution is 2.29. The number of hydrogen-bond donors (Lipinski definition) is 1. The van der Waals surface area contributed by atoms with Gasteiger partial charge in [0.1, 0.15) is 5.82 Å². The maximum Gasteiger partial charge on any atom is 0.248 e. The highest BCUT2D eigenvalue weighted by Gasteiger charge is 2.10. The van der Waals surface area contributed by atoms with E-state index >= 15 is 0 Å². The van der Waals surface area contributed by atoms with Crippen LogP contribution in [0.4, 0.5) is 4.39 Å². The molecule has 1 amide bonds. The summed E-state index contributed by atoms with van der Waals surface area (Å²) in [6, 6.07) is 8.76. The summed E-state index contributed by atoms with van der Waals surface area (Å²) in [7, 11) is 0. The molecule has 0 fully saturated rings. The molecule has 0 spiro atoms. The van der Waals surface area contributed by atoms with Gasteiger partial charge >= 0.3 is 0 Å². The van der Waals surface area contributed by atoms with Crippen LogP contribution in [0.2, 0.25) is 10.0 Å². The average Bonchev–Trinajstić information content (AvgIpc) is 2.27. The van der Waals surface area contributed by atoms with Crippen molar-refractivity contribution in [2.24, 2.45) is 5.73 Å². The molecule has 0 heterocycles. The SMILES string of the molecule is NC(=O)c1ccc(-c2cc(Cl)cc(Cl)c2)c(F)c1. The second-order valence-electron chi connectivity index (χ2n) is 3.72. The normalized spacial score (nSPS) is 10.4. The van der Waals surface area contributed by atoms with E-state index in [0.29, 0.717) is 21.2 Å². The second kappa shape index (κ2) is 4.96. The highest BCUT2D eigenvalue weighted by molar-refractivity contribution is 6.35. The largest absolute Gasteiger partial charge is 0.366 e. The molecule has 2 rings (SSSR count). The zero-order valence-electron chi connectivity index (χ0n) is 9.08. The molecule has 92 valence electrons. The summed E-state index contributed by atoms with van der Waals surface area (Å²) in [5.74, 6) is -1.23. The van der Waals surface area contributed by atoms with Gasteiger partial charge in [-0.2, -0.15) is 0 Å². The van der Waals surface area contributed by atoms with E-state index < -0.39 is 11.7 Å². The van der Waals surface area contributed by atoms with Crippen molar-refractivity contribution in [3.05, 3.63) is 57.8 Å². The molecule has 2 aromatic rings. The third kappa shape index (κ3) is 2.63. The van der Waals surface area contributed by atoms with Crippen LogP contribution in [-0.2, 0) is 0 Å². The molecule has 18 heavy (non-hydrogen) atoms. The molecule has 5 heteroatoms. The van der Waals surface area contributed by atoms with Crippen molar-refractivity contribution in [1.82, 2.24) is 0 Å². The first-order valence-corrected chi connectivity index (χ1v) is 5.79. The van der Waals surface area contributed by atoms with E-state index in [4.69, 9.17) is 28.9 Å². The van der Waals surface area contributed by atoms with Crippen molar-refractivity contribution in [2.45, 2.75) is 0 Å². The van der Waals surface area contributed by atoms with Gasteiger partial charge in [0.2, 0.25) is 5.91 Å². The highest BCUT2D eigenvalue weighted by atomic mass is 35.5. The molecule has 0 unspecified atom stereocenters. The maximum atomic E-state index is 13.9. The van der Waals surface area contributed by atoms with Crippen LogP contribution in [-0.4, -0.2) is 5.91 Å². The smallest absolute Gasteiger partial charge is 0.248 e. The number of carbonyl (C=O) groups is 1. The van der Waals surface area contributed by atoms with Gasteiger partial charge in [0.15, 0.2) is 0 Å². The Balaban J connectivity index is 2.54. The molecule has 0 bridgehead atoms. The van der Waals surface area contributed by atoms with Gasteiger partial charge in [-0.05, 0) is 35.9 Å². The van der Waals surface area contributed by atoms with E-state index in [1.807, 2.05) is 0 Å². The fourth-order valence-corrected chi connectivity index (χ4v) is 2.14. The van der Waals surface area contributed by atoms with Gasteiger partial charge in [-0.1, -0.05) is 29.3 Å². The molecular weight excluding hydrogens is 276 g/mol. The van der Waals surface area contributed by atoms with Gasteiger partial charge in [0.25, 0.3) is 0 Å². The minimum atomic E-state index is -0.676. The van der Waals surface area contributed by atoms with Gasteiger partial charge in [-0.25, -0.2) is 4.39 Å². The predicted molar refractivity (Wildman–Crippen MR) is 70.4 cm³/mol.